The second-order valence-electron chi connectivity index (χ2n) is 6.52. The van der Waals surface area contributed by atoms with E-state index < -0.39 is 0 Å². The third-order valence-electron chi connectivity index (χ3n) is 4.71. The van der Waals surface area contributed by atoms with Crippen LogP contribution in [0.5, 0.6) is 5.75 Å². The van der Waals surface area contributed by atoms with Crippen LogP contribution < -0.4 is 15.4 Å². The van der Waals surface area contributed by atoms with Gasteiger partial charge in [-0.2, -0.15) is 0 Å². The molecule has 2 amide bonds. The molecule has 1 aliphatic rings. The van der Waals surface area contributed by atoms with E-state index in [-0.39, 0.29) is 23.7 Å². The van der Waals surface area contributed by atoms with E-state index in [1.165, 1.54) is 0 Å². The smallest absolute Gasteiger partial charge is 0.227 e. The Bertz CT molecular complexity index is 616. The number of amides is 2. The average molecular weight is 383 g/mol. The van der Waals surface area contributed by atoms with Crippen LogP contribution in [0.25, 0.3) is 0 Å². The molecule has 0 bridgehead atoms. The molecule has 7 heteroatoms. The van der Waals surface area contributed by atoms with E-state index in [0.29, 0.717) is 42.5 Å². The Hall–Kier alpha value is -1.79. The quantitative estimate of drug-likeness (QED) is 0.676. The second-order valence-corrected chi connectivity index (χ2v) is 6.96. The number of nitrogens with one attached hydrogen (secondary N) is 2. The van der Waals surface area contributed by atoms with Crippen molar-refractivity contribution < 1.29 is 19.1 Å². The normalized spacial score (nSPS) is 19.7. The minimum atomic E-state index is -0.101. The van der Waals surface area contributed by atoms with E-state index >= 15 is 0 Å². The molecule has 144 valence electrons. The molecule has 0 aromatic heterocycles. The maximum Gasteiger partial charge on any atom is 0.227 e. The summed E-state index contributed by atoms with van der Waals surface area (Å²) in [5.41, 5.74) is 0.572. The summed E-state index contributed by atoms with van der Waals surface area (Å²) < 4.78 is 10.2. The zero-order valence-corrected chi connectivity index (χ0v) is 16.1. The summed E-state index contributed by atoms with van der Waals surface area (Å²) in [6.45, 7) is 1.27. The summed E-state index contributed by atoms with van der Waals surface area (Å²) >= 11 is 6.00. The Morgan fingerprint density at radius 1 is 1.12 bits per heavy atom. The molecule has 6 nitrogen and oxygen atoms in total. The molecule has 1 saturated carbocycles. The number of halogens is 1. The fraction of sp³-hybridized carbons (Fsp3) is 0.579. The highest BCUT2D eigenvalue weighted by molar-refractivity contribution is 6.31. The van der Waals surface area contributed by atoms with Crippen LogP contribution in [-0.4, -0.2) is 39.2 Å². The third kappa shape index (κ3) is 5.88. The summed E-state index contributed by atoms with van der Waals surface area (Å²) in [4.78, 5) is 24.7. The number of carbonyl (C=O) groups excluding carboxylic acids is 2. The minimum Gasteiger partial charge on any atom is -0.495 e. The molecular weight excluding hydrogens is 356 g/mol. The lowest BCUT2D eigenvalue weighted by atomic mass is 9.81. The molecule has 2 rings (SSSR count). The molecule has 1 aromatic rings. The number of hydrogen-bond donors (Lipinski definition) is 2. The Labute approximate surface area is 159 Å². The number of carbonyl (C=O) groups is 2. The highest BCUT2D eigenvalue weighted by Gasteiger charge is 2.30. The minimum absolute atomic E-state index is 0.0118. The lowest BCUT2D eigenvalue weighted by molar-refractivity contribution is -0.128. The monoisotopic (exact) mass is 382 g/mol. The summed E-state index contributed by atoms with van der Waals surface area (Å²) in [6.07, 6.45) is 3.65. The first kappa shape index (κ1) is 20.5. The van der Waals surface area contributed by atoms with Crippen LogP contribution in [0.4, 0.5) is 5.69 Å². The maximum atomic E-state index is 12.5. The number of rotatable bonds is 8. The topological polar surface area (TPSA) is 76.7 Å². The van der Waals surface area contributed by atoms with E-state index in [1.54, 1.807) is 32.4 Å². The fourth-order valence-electron chi connectivity index (χ4n) is 3.20. The van der Waals surface area contributed by atoms with Crippen LogP contribution >= 0.6 is 11.6 Å². The van der Waals surface area contributed by atoms with Crippen LogP contribution in [0.1, 0.15) is 32.1 Å². The summed E-state index contributed by atoms with van der Waals surface area (Å²) in [6, 6.07) is 5.12. The first-order valence-corrected chi connectivity index (χ1v) is 9.34. The first-order chi connectivity index (χ1) is 12.5. The summed E-state index contributed by atoms with van der Waals surface area (Å²) in [5.74, 6) is 0.492. The molecule has 0 spiro atoms. The molecule has 26 heavy (non-hydrogen) atoms. The van der Waals surface area contributed by atoms with E-state index in [9.17, 15) is 9.59 Å². The number of hydrogen-bond acceptors (Lipinski definition) is 4. The fourth-order valence-corrected chi connectivity index (χ4v) is 3.38. The third-order valence-corrected chi connectivity index (χ3v) is 4.95. The van der Waals surface area contributed by atoms with Crippen LogP contribution in [0.2, 0.25) is 5.02 Å². The summed E-state index contributed by atoms with van der Waals surface area (Å²) in [5, 5.41) is 6.38. The van der Waals surface area contributed by atoms with Gasteiger partial charge in [0.15, 0.2) is 0 Å². The van der Waals surface area contributed by atoms with Crippen molar-refractivity contribution in [2.24, 2.45) is 11.8 Å². The number of methoxy groups -OCH3 is 2. The van der Waals surface area contributed by atoms with Crippen LogP contribution in [-0.2, 0) is 14.3 Å². The molecule has 0 unspecified atom stereocenters. The molecule has 2 N–H and O–H groups in total. The zero-order chi connectivity index (χ0) is 18.9. The number of ether oxygens (including phenoxy) is 2. The molecule has 1 aliphatic carbocycles. The average Bonchev–Trinajstić information content (AvgIpc) is 2.65. The van der Waals surface area contributed by atoms with Gasteiger partial charge in [0.2, 0.25) is 11.8 Å². The molecule has 0 heterocycles. The van der Waals surface area contributed by atoms with Crippen molar-refractivity contribution in [3.05, 3.63) is 23.2 Å². The molecule has 0 atom stereocenters. The Balaban J connectivity index is 1.81. The summed E-state index contributed by atoms with van der Waals surface area (Å²) in [7, 11) is 3.20. The highest BCUT2D eigenvalue weighted by atomic mass is 35.5. The van der Waals surface area contributed by atoms with Crippen LogP contribution in [0, 0.1) is 11.8 Å². The van der Waals surface area contributed by atoms with E-state index in [0.717, 1.165) is 19.3 Å². The van der Waals surface area contributed by atoms with Crippen molar-refractivity contribution in [3.8, 4) is 5.75 Å². The first-order valence-electron chi connectivity index (χ1n) is 8.96. The Kier molecular flexibility index (Phi) is 8.19. The van der Waals surface area contributed by atoms with Gasteiger partial charge in [-0.3, -0.25) is 9.59 Å². The standard InChI is InChI=1S/C19H27ClN2O4/c1-25-11-3-10-21-18(23)13-4-6-14(7-5-13)19(24)22-16-12-15(20)8-9-17(16)26-2/h8-9,12-14H,3-7,10-11H2,1-2H3,(H,21,23)(H,22,24). The van der Waals surface area contributed by atoms with Gasteiger partial charge in [-0.1, -0.05) is 11.6 Å². The lowest BCUT2D eigenvalue weighted by Crippen LogP contribution is -2.36. The second kappa shape index (κ2) is 10.4. The largest absolute Gasteiger partial charge is 0.495 e. The van der Waals surface area contributed by atoms with Crippen molar-refractivity contribution in [1.82, 2.24) is 5.32 Å². The van der Waals surface area contributed by atoms with Crippen molar-refractivity contribution in [1.29, 1.82) is 0 Å². The molecule has 0 saturated heterocycles. The number of benzene rings is 1. The van der Waals surface area contributed by atoms with Crippen molar-refractivity contribution in [3.63, 3.8) is 0 Å². The van der Waals surface area contributed by atoms with Gasteiger partial charge in [-0.15, -0.1) is 0 Å². The van der Waals surface area contributed by atoms with Gasteiger partial charge < -0.3 is 20.1 Å². The highest BCUT2D eigenvalue weighted by Crippen LogP contribution is 2.32. The van der Waals surface area contributed by atoms with Crippen molar-refractivity contribution >= 4 is 29.1 Å². The zero-order valence-electron chi connectivity index (χ0n) is 15.3. The Morgan fingerprint density at radius 3 is 2.38 bits per heavy atom. The molecule has 1 fully saturated rings. The van der Waals surface area contributed by atoms with Crippen molar-refractivity contribution in [2.45, 2.75) is 32.1 Å². The van der Waals surface area contributed by atoms with Gasteiger partial charge in [0, 0.05) is 37.1 Å². The molecular formula is C19H27ClN2O4. The predicted molar refractivity (Wildman–Crippen MR) is 102 cm³/mol. The van der Waals surface area contributed by atoms with Gasteiger partial charge in [-0.05, 0) is 50.3 Å². The molecule has 0 aliphatic heterocycles. The van der Waals surface area contributed by atoms with E-state index in [1.807, 2.05) is 0 Å². The van der Waals surface area contributed by atoms with Gasteiger partial charge in [0.05, 0.1) is 12.8 Å². The number of anilines is 1. The van der Waals surface area contributed by atoms with Gasteiger partial charge in [-0.25, -0.2) is 0 Å². The van der Waals surface area contributed by atoms with Gasteiger partial charge >= 0.3 is 0 Å². The van der Waals surface area contributed by atoms with Gasteiger partial charge in [0.25, 0.3) is 0 Å². The molecule has 1 aromatic carbocycles. The van der Waals surface area contributed by atoms with Crippen LogP contribution in [0.15, 0.2) is 18.2 Å². The maximum absolute atomic E-state index is 12.5. The SMILES string of the molecule is COCCCNC(=O)C1CCC(C(=O)Nc2cc(Cl)ccc2OC)CC1. The van der Waals surface area contributed by atoms with Crippen LogP contribution in [0.3, 0.4) is 0 Å². The van der Waals surface area contributed by atoms with Crippen molar-refractivity contribution in [2.75, 3.05) is 32.7 Å². The van der Waals surface area contributed by atoms with Gasteiger partial charge in [0.1, 0.15) is 5.75 Å². The predicted octanol–water partition coefficient (Wildman–Crippen LogP) is 3.25. The molecule has 0 radical (unpaired) electrons. The van der Waals surface area contributed by atoms with E-state index in [2.05, 4.69) is 10.6 Å². The Morgan fingerprint density at radius 2 is 1.77 bits per heavy atom. The van der Waals surface area contributed by atoms with E-state index in [4.69, 9.17) is 21.1 Å². The lowest BCUT2D eigenvalue weighted by Gasteiger charge is -2.27.